The van der Waals surface area contributed by atoms with E-state index in [-0.39, 0.29) is 17.1 Å². The van der Waals surface area contributed by atoms with Gasteiger partial charge in [0.1, 0.15) is 22.6 Å². The molecule has 0 spiro atoms. The molecule has 9 heteroatoms. The van der Waals surface area contributed by atoms with E-state index in [0.29, 0.717) is 6.54 Å². The molecule has 0 radical (unpaired) electrons. The average molecular weight is 308 g/mol. The monoisotopic (exact) mass is 308 g/mol. The number of nitrogens with one attached hydrogen (secondary N) is 1. The summed E-state index contributed by atoms with van der Waals surface area (Å²) in [7, 11) is 0. The first-order valence-electron chi connectivity index (χ1n) is 6.06. The van der Waals surface area contributed by atoms with Crippen molar-refractivity contribution < 1.29 is 14.8 Å². The topological polar surface area (TPSA) is 118 Å². The molecule has 0 bridgehead atoms. The van der Waals surface area contributed by atoms with Gasteiger partial charge in [-0.15, -0.1) is 11.3 Å². The number of aryl methyl sites for hydroxylation is 1. The van der Waals surface area contributed by atoms with Crippen LogP contribution < -0.4 is 5.32 Å². The number of aromatic carboxylic acids is 1. The second-order valence-electron chi connectivity index (χ2n) is 4.08. The Morgan fingerprint density at radius 1 is 1.48 bits per heavy atom. The molecule has 2 heterocycles. The fraction of sp³-hybridized carbons (Fsp3) is 0.250. The number of pyridine rings is 1. The minimum atomic E-state index is -1.28. The molecule has 110 valence electrons. The standard InChI is InChI=1S/C12H12N4O4S/c1-2-8-5-13-10(21-8)6-15-11-9(12(17)18)3-7(4-14-11)16(19)20/h3-5H,2,6H2,1H3,(H,14,15)(H,17,18). The van der Waals surface area contributed by atoms with E-state index in [0.717, 1.165) is 28.6 Å². The van der Waals surface area contributed by atoms with Crippen molar-refractivity contribution in [2.45, 2.75) is 19.9 Å². The highest BCUT2D eigenvalue weighted by molar-refractivity contribution is 7.11. The SMILES string of the molecule is CCc1cnc(CNc2ncc([N+](=O)[O-])cc2C(=O)O)s1. The first-order chi connectivity index (χ1) is 10.0. The molecule has 0 saturated heterocycles. The molecule has 2 rings (SSSR count). The molecule has 0 aliphatic rings. The Kier molecular flexibility index (Phi) is 4.43. The Hall–Kier alpha value is -2.55. The maximum atomic E-state index is 11.1. The smallest absolute Gasteiger partial charge is 0.339 e. The van der Waals surface area contributed by atoms with E-state index >= 15 is 0 Å². The van der Waals surface area contributed by atoms with Crippen molar-refractivity contribution in [2.24, 2.45) is 0 Å². The molecule has 2 N–H and O–H groups in total. The second-order valence-corrected chi connectivity index (χ2v) is 5.28. The van der Waals surface area contributed by atoms with Crippen LogP contribution in [0.5, 0.6) is 0 Å². The van der Waals surface area contributed by atoms with Crippen molar-refractivity contribution in [1.82, 2.24) is 9.97 Å². The van der Waals surface area contributed by atoms with Crippen LogP contribution in [0.15, 0.2) is 18.5 Å². The van der Waals surface area contributed by atoms with E-state index in [1.54, 1.807) is 6.20 Å². The highest BCUT2D eigenvalue weighted by Crippen LogP contribution is 2.21. The van der Waals surface area contributed by atoms with Gasteiger partial charge >= 0.3 is 5.97 Å². The lowest BCUT2D eigenvalue weighted by atomic mass is 10.2. The van der Waals surface area contributed by atoms with E-state index < -0.39 is 10.9 Å². The fourth-order valence-corrected chi connectivity index (χ4v) is 2.41. The lowest BCUT2D eigenvalue weighted by Gasteiger charge is -2.06. The normalized spacial score (nSPS) is 10.3. The van der Waals surface area contributed by atoms with Crippen LogP contribution in [0.3, 0.4) is 0 Å². The van der Waals surface area contributed by atoms with Gasteiger partial charge in [0.2, 0.25) is 0 Å². The van der Waals surface area contributed by atoms with Crippen molar-refractivity contribution in [1.29, 1.82) is 0 Å². The molecule has 2 aromatic heterocycles. The Morgan fingerprint density at radius 3 is 2.81 bits per heavy atom. The van der Waals surface area contributed by atoms with Crippen molar-refractivity contribution in [3.63, 3.8) is 0 Å². The van der Waals surface area contributed by atoms with E-state index in [4.69, 9.17) is 5.11 Å². The highest BCUT2D eigenvalue weighted by atomic mass is 32.1. The summed E-state index contributed by atoms with van der Waals surface area (Å²) in [5.74, 6) is -1.19. The Bertz CT molecular complexity index is 686. The number of aromatic nitrogens is 2. The minimum Gasteiger partial charge on any atom is -0.478 e. The molecular formula is C12H12N4O4S. The Balaban J connectivity index is 2.19. The summed E-state index contributed by atoms with van der Waals surface area (Å²) in [4.78, 5) is 30.2. The molecule has 0 amide bonds. The Labute approximate surface area is 123 Å². The fourth-order valence-electron chi connectivity index (χ4n) is 1.61. The van der Waals surface area contributed by atoms with Crippen molar-refractivity contribution in [3.05, 3.63) is 44.0 Å². The number of hydrogen-bond acceptors (Lipinski definition) is 7. The lowest BCUT2D eigenvalue weighted by molar-refractivity contribution is -0.385. The van der Waals surface area contributed by atoms with Gasteiger partial charge in [0.05, 0.1) is 11.5 Å². The van der Waals surface area contributed by atoms with E-state index in [9.17, 15) is 14.9 Å². The summed E-state index contributed by atoms with van der Waals surface area (Å²) in [6, 6.07) is 0.983. The summed E-state index contributed by atoms with van der Waals surface area (Å²) in [6.07, 6.45) is 3.67. The number of rotatable bonds is 6. The van der Waals surface area contributed by atoms with Gasteiger partial charge in [-0.25, -0.2) is 14.8 Å². The number of nitrogens with zero attached hydrogens (tertiary/aromatic N) is 3. The highest BCUT2D eigenvalue weighted by Gasteiger charge is 2.17. The summed E-state index contributed by atoms with van der Waals surface area (Å²) in [5, 5.41) is 23.4. The van der Waals surface area contributed by atoms with Crippen LogP contribution in [-0.2, 0) is 13.0 Å². The predicted octanol–water partition coefficient (Wildman–Crippen LogP) is 2.32. The number of carbonyl (C=O) groups is 1. The zero-order valence-electron chi connectivity index (χ0n) is 11.1. The summed E-state index contributed by atoms with van der Waals surface area (Å²) >= 11 is 1.52. The number of hydrogen-bond donors (Lipinski definition) is 2. The maximum absolute atomic E-state index is 11.1. The zero-order chi connectivity index (χ0) is 15.4. The van der Waals surface area contributed by atoms with Crippen molar-refractivity contribution in [3.8, 4) is 0 Å². The van der Waals surface area contributed by atoms with Crippen molar-refractivity contribution >= 4 is 28.8 Å². The third kappa shape index (κ3) is 3.51. The number of anilines is 1. The molecule has 2 aromatic rings. The van der Waals surface area contributed by atoms with Gasteiger partial charge in [-0.2, -0.15) is 0 Å². The van der Waals surface area contributed by atoms with Gasteiger partial charge in [0, 0.05) is 17.1 Å². The van der Waals surface area contributed by atoms with Crippen LogP contribution in [0.4, 0.5) is 11.5 Å². The van der Waals surface area contributed by atoms with Crippen LogP contribution in [0.25, 0.3) is 0 Å². The van der Waals surface area contributed by atoms with Crippen molar-refractivity contribution in [2.75, 3.05) is 5.32 Å². The molecule has 0 aliphatic heterocycles. The molecule has 0 aromatic carbocycles. The molecule has 0 unspecified atom stereocenters. The zero-order valence-corrected chi connectivity index (χ0v) is 11.9. The quantitative estimate of drug-likeness (QED) is 0.621. The summed E-state index contributed by atoms with van der Waals surface area (Å²) < 4.78 is 0. The molecular weight excluding hydrogens is 296 g/mol. The predicted molar refractivity (Wildman–Crippen MR) is 76.7 cm³/mol. The van der Waals surface area contributed by atoms with Crippen LogP contribution >= 0.6 is 11.3 Å². The molecule has 0 aliphatic carbocycles. The van der Waals surface area contributed by atoms with Gasteiger partial charge in [-0.3, -0.25) is 10.1 Å². The first kappa shape index (κ1) is 14.9. The lowest BCUT2D eigenvalue weighted by Crippen LogP contribution is -2.09. The van der Waals surface area contributed by atoms with Crippen LogP contribution in [0, 0.1) is 10.1 Å². The van der Waals surface area contributed by atoms with Gasteiger partial charge in [0.25, 0.3) is 5.69 Å². The number of carboxylic acids is 1. The third-order valence-corrected chi connectivity index (χ3v) is 3.81. The van der Waals surface area contributed by atoms with E-state index in [1.165, 1.54) is 11.3 Å². The van der Waals surface area contributed by atoms with Crippen LogP contribution in [0.2, 0.25) is 0 Å². The van der Waals surface area contributed by atoms with Gasteiger partial charge < -0.3 is 10.4 Å². The van der Waals surface area contributed by atoms with E-state index in [1.807, 2.05) is 6.92 Å². The molecule has 0 atom stereocenters. The molecule has 21 heavy (non-hydrogen) atoms. The van der Waals surface area contributed by atoms with Gasteiger partial charge in [0.15, 0.2) is 0 Å². The second kappa shape index (κ2) is 6.27. The molecule has 8 nitrogen and oxygen atoms in total. The molecule has 0 saturated carbocycles. The Morgan fingerprint density at radius 2 is 2.24 bits per heavy atom. The summed E-state index contributed by atoms with van der Waals surface area (Å²) in [6.45, 7) is 2.33. The largest absolute Gasteiger partial charge is 0.478 e. The summed E-state index contributed by atoms with van der Waals surface area (Å²) in [5.41, 5.74) is -0.600. The van der Waals surface area contributed by atoms with E-state index in [2.05, 4.69) is 15.3 Å². The average Bonchev–Trinajstić information content (AvgIpc) is 2.92. The van der Waals surface area contributed by atoms with Gasteiger partial charge in [-0.1, -0.05) is 6.92 Å². The van der Waals surface area contributed by atoms with Crippen LogP contribution in [0.1, 0.15) is 27.2 Å². The third-order valence-electron chi connectivity index (χ3n) is 2.67. The van der Waals surface area contributed by atoms with Gasteiger partial charge in [-0.05, 0) is 6.42 Å². The number of nitro groups is 1. The minimum absolute atomic E-state index is 0.0846. The number of thiazole rings is 1. The maximum Gasteiger partial charge on any atom is 0.339 e. The molecule has 0 fully saturated rings. The van der Waals surface area contributed by atoms with Crippen LogP contribution in [-0.4, -0.2) is 26.0 Å². The first-order valence-corrected chi connectivity index (χ1v) is 6.88. The number of carboxylic acid groups (broad SMARTS) is 1.